The van der Waals surface area contributed by atoms with E-state index in [1.807, 2.05) is 30.3 Å². The van der Waals surface area contributed by atoms with Gasteiger partial charge < -0.3 is 47.3 Å². The largest absolute Gasteiger partial charge is 0.391 e. The van der Waals surface area contributed by atoms with Gasteiger partial charge in [0.15, 0.2) is 0 Å². The molecule has 284 valence electrons. The number of para-hydroxylation sites is 1. The first kappa shape index (κ1) is 38.9. The molecule has 0 spiro atoms. The highest BCUT2D eigenvalue weighted by Crippen LogP contribution is 2.22. The molecule has 7 atom stereocenters. The predicted molar refractivity (Wildman–Crippen MR) is 197 cm³/mol. The summed E-state index contributed by atoms with van der Waals surface area (Å²) in [4.78, 5) is 87.9. The fourth-order valence-electron chi connectivity index (χ4n) is 6.91. The Balaban J connectivity index is 1.50. The summed E-state index contributed by atoms with van der Waals surface area (Å²) < 4.78 is 0. The normalized spacial score (nSPS) is 25.7. The van der Waals surface area contributed by atoms with Crippen molar-refractivity contribution in [1.29, 1.82) is 0 Å². The molecular formula is C38H50N8O7. The third-order valence-corrected chi connectivity index (χ3v) is 9.86. The van der Waals surface area contributed by atoms with Crippen LogP contribution in [0.4, 0.5) is 0 Å². The number of aromatic amines is 1. The Kier molecular flexibility index (Phi) is 13.2. The molecule has 0 saturated carbocycles. The van der Waals surface area contributed by atoms with Crippen molar-refractivity contribution in [3.05, 3.63) is 71.9 Å². The first-order valence-corrected chi connectivity index (χ1v) is 18.3. The number of rotatable bonds is 9. The zero-order valence-electron chi connectivity index (χ0n) is 30.1. The molecule has 2 fully saturated rings. The highest BCUT2D eigenvalue weighted by Gasteiger charge is 2.40. The Hall–Kier alpha value is -5.28. The summed E-state index contributed by atoms with van der Waals surface area (Å²) in [5.74, 6) is -3.90. The van der Waals surface area contributed by atoms with Crippen LogP contribution in [-0.4, -0.2) is 106 Å². The molecule has 0 radical (unpaired) electrons. The second-order valence-electron chi connectivity index (χ2n) is 13.9. The number of fused-ring (bicyclic) bond motifs is 2. The number of nitrogens with two attached hydrogens (primary N) is 1. The molecule has 15 heteroatoms. The lowest BCUT2D eigenvalue weighted by atomic mass is 10.0. The van der Waals surface area contributed by atoms with Crippen molar-refractivity contribution >= 4 is 46.3 Å². The molecule has 2 aliphatic rings. The molecule has 3 heterocycles. The number of carbonyl (C=O) groups is 6. The van der Waals surface area contributed by atoms with Crippen molar-refractivity contribution in [2.24, 2.45) is 5.73 Å². The summed E-state index contributed by atoms with van der Waals surface area (Å²) in [5.41, 5.74) is 8.02. The average molecular weight is 731 g/mol. The maximum Gasteiger partial charge on any atom is 0.246 e. The number of aromatic nitrogens is 1. The topological polar surface area (TPSA) is 228 Å². The molecule has 6 amide bonds. The van der Waals surface area contributed by atoms with E-state index in [9.17, 15) is 33.9 Å². The van der Waals surface area contributed by atoms with E-state index in [0.29, 0.717) is 32.2 Å². The van der Waals surface area contributed by atoms with Crippen LogP contribution < -0.4 is 32.3 Å². The average Bonchev–Trinajstić information content (AvgIpc) is 3.80. The molecule has 2 aliphatic heterocycles. The van der Waals surface area contributed by atoms with Gasteiger partial charge in [0.25, 0.3) is 0 Å². The lowest BCUT2D eigenvalue weighted by Gasteiger charge is -2.32. The summed E-state index contributed by atoms with van der Waals surface area (Å²) >= 11 is 0. The minimum absolute atomic E-state index is 0.0474. The third-order valence-electron chi connectivity index (χ3n) is 9.86. The summed E-state index contributed by atoms with van der Waals surface area (Å²) in [6.07, 6.45) is 2.47. The fraction of sp³-hybridized carbons (Fsp3) is 0.474. The number of aliphatic hydroxyl groups excluding tert-OH is 1. The zero-order chi connectivity index (χ0) is 38.1. The number of amides is 6. The summed E-state index contributed by atoms with van der Waals surface area (Å²) in [7, 11) is 0. The second-order valence-corrected chi connectivity index (χ2v) is 13.9. The SMILES string of the molecule is C[C@@H]1NC(=O)[C@@H]2CCCN2C(=O)[C@H](Cc2ccccc2)NC(=O)[C@H]([C@@H](C)O)NC(=O)[C@H](CCCCN)NC(=O)[C@@H](Cc2c[nH]c3ccccc23)NC1=O. The summed E-state index contributed by atoms with van der Waals surface area (Å²) in [5, 5.41) is 25.2. The standard InChI is InChI=1S/C38H50N8O7/c1-22-33(48)43-29(20-25-21-40-27-14-7-6-13-26(25)27)35(50)42-28(15-8-9-17-39)34(49)45-32(23(2)47)37(52)44-30(19-24-11-4-3-5-12-24)38(53)46-18-10-16-31(46)36(51)41-22/h3-7,11-14,21-23,28-32,40,47H,8-10,15-20,39H2,1-2H3,(H,41,51)(H,42,50)(H,43,48)(H,44,52)(H,45,49)/t22-,23+,28-,29+,30-,31-,32-/m0/s1. The van der Waals surface area contributed by atoms with E-state index in [2.05, 4.69) is 31.6 Å². The number of hydrogen-bond donors (Lipinski definition) is 8. The zero-order valence-corrected chi connectivity index (χ0v) is 30.1. The molecule has 0 bridgehead atoms. The number of unbranched alkanes of at least 4 members (excludes halogenated alkanes) is 1. The van der Waals surface area contributed by atoms with Crippen molar-refractivity contribution in [3.63, 3.8) is 0 Å². The Morgan fingerprint density at radius 1 is 0.774 bits per heavy atom. The van der Waals surface area contributed by atoms with Crippen LogP contribution in [0.1, 0.15) is 57.1 Å². The molecule has 2 aromatic carbocycles. The Labute approximate surface area is 308 Å². The first-order chi connectivity index (χ1) is 25.5. The van der Waals surface area contributed by atoms with E-state index in [1.165, 1.54) is 18.7 Å². The van der Waals surface area contributed by atoms with Gasteiger partial charge in [0, 0.05) is 36.5 Å². The molecule has 5 rings (SSSR count). The Morgan fingerprint density at radius 2 is 1.45 bits per heavy atom. The van der Waals surface area contributed by atoms with Crippen LogP contribution in [-0.2, 0) is 41.6 Å². The van der Waals surface area contributed by atoms with Crippen LogP contribution in [0.5, 0.6) is 0 Å². The van der Waals surface area contributed by atoms with Crippen molar-refractivity contribution in [3.8, 4) is 0 Å². The maximum absolute atomic E-state index is 14.2. The van der Waals surface area contributed by atoms with Crippen molar-refractivity contribution in [1.82, 2.24) is 36.5 Å². The van der Waals surface area contributed by atoms with Gasteiger partial charge in [0.05, 0.1) is 6.10 Å². The van der Waals surface area contributed by atoms with E-state index >= 15 is 0 Å². The molecule has 15 nitrogen and oxygen atoms in total. The molecule has 2 saturated heterocycles. The van der Waals surface area contributed by atoms with Crippen LogP contribution in [0.2, 0.25) is 0 Å². The van der Waals surface area contributed by atoms with Gasteiger partial charge in [-0.15, -0.1) is 0 Å². The number of H-pyrrole nitrogens is 1. The molecule has 53 heavy (non-hydrogen) atoms. The molecule has 0 aliphatic carbocycles. The van der Waals surface area contributed by atoms with Crippen molar-refractivity contribution in [2.75, 3.05) is 13.1 Å². The van der Waals surface area contributed by atoms with Gasteiger partial charge in [-0.3, -0.25) is 28.8 Å². The summed E-state index contributed by atoms with van der Waals surface area (Å²) in [6.45, 7) is 3.41. The quantitative estimate of drug-likeness (QED) is 0.139. The summed E-state index contributed by atoms with van der Waals surface area (Å²) in [6, 6.07) is 9.49. The van der Waals surface area contributed by atoms with Gasteiger partial charge in [-0.2, -0.15) is 0 Å². The molecule has 9 N–H and O–H groups in total. The first-order valence-electron chi connectivity index (χ1n) is 18.3. The van der Waals surface area contributed by atoms with Gasteiger partial charge in [-0.05, 0) is 69.7 Å². The lowest BCUT2D eigenvalue weighted by molar-refractivity contribution is -0.143. The predicted octanol–water partition coefficient (Wildman–Crippen LogP) is -0.0886. The van der Waals surface area contributed by atoms with E-state index in [4.69, 9.17) is 5.73 Å². The minimum Gasteiger partial charge on any atom is -0.391 e. The van der Waals surface area contributed by atoms with Gasteiger partial charge in [-0.25, -0.2) is 0 Å². The van der Waals surface area contributed by atoms with Gasteiger partial charge in [0.2, 0.25) is 35.4 Å². The van der Waals surface area contributed by atoms with Crippen molar-refractivity contribution < 1.29 is 33.9 Å². The monoisotopic (exact) mass is 730 g/mol. The number of nitrogens with one attached hydrogen (secondary N) is 6. The molecule has 1 aromatic heterocycles. The van der Waals surface area contributed by atoms with Crippen LogP contribution >= 0.6 is 0 Å². The van der Waals surface area contributed by atoms with E-state index in [1.54, 1.807) is 30.5 Å². The molecule has 0 unspecified atom stereocenters. The van der Waals surface area contributed by atoms with Crippen LogP contribution in [0.25, 0.3) is 10.9 Å². The lowest BCUT2D eigenvalue weighted by Crippen LogP contribution is -2.62. The fourth-order valence-corrected chi connectivity index (χ4v) is 6.91. The molecular weight excluding hydrogens is 680 g/mol. The Bertz CT molecular complexity index is 1780. The van der Waals surface area contributed by atoms with Gasteiger partial charge in [-0.1, -0.05) is 48.5 Å². The Morgan fingerprint density at radius 3 is 2.19 bits per heavy atom. The highest BCUT2D eigenvalue weighted by molar-refractivity contribution is 5.99. The maximum atomic E-state index is 14.2. The van der Waals surface area contributed by atoms with Gasteiger partial charge >= 0.3 is 0 Å². The smallest absolute Gasteiger partial charge is 0.246 e. The minimum atomic E-state index is -1.50. The van der Waals surface area contributed by atoms with E-state index in [0.717, 1.165) is 22.0 Å². The van der Waals surface area contributed by atoms with E-state index in [-0.39, 0.29) is 25.8 Å². The molecule has 3 aromatic rings. The number of benzene rings is 2. The number of nitrogens with zero attached hydrogens (tertiary/aromatic N) is 1. The van der Waals surface area contributed by atoms with Crippen LogP contribution in [0, 0.1) is 0 Å². The second kappa shape index (κ2) is 18.0. The number of aliphatic hydroxyl groups is 1. The highest BCUT2D eigenvalue weighted by atomic mass is 16.3. The van der Waals surface area contributed by atoms with Crippen molar-refractivity contribution in [2.45, 2.75) is 101 Å². The number of carbonyl (C=O) groups excluding carboxylic acids is 6. The van der Waals surface area contributed by atoms with Crippen LogP contribution in [0.15, 0.2) is 60.8 Å². The van der Waals surface area contributed by atoms with E-state index < -0.39 is 77.8 Å². The van der Waals surface area contributed by atoms with Gasteiger partial charge in [0.1, 0.15) is 36.3 Å². The number of hydrogen-bond acceptors (Lipinski definition) is 8. The third kappa shape index (κ3) is 9.78. The van der Waals surface area contributed by atoms with Crippen LogP contribution in [0.3, 0.4) is 0 Å².